The molecule has 1 aromatic carbocycles. The lowest BCUT2D eigenvalue weighted by atomic mass is 10.2. The SMILES string of the molecule is NC(=S)NN=Cc1cc(F)c(Br)cc1I. The first-order valence-corrected chi connectivity index (χ1v) is 6.01. The average molecular weight is 402 g/mol. The maximum atomic E-state index is 13.2. The molecule has 0 spiro atoms. The van der Waals surface area contributed by atoms with Crippen molar-refractivity contribution < 1.29 is 4.39 Å². The van der Waals surface area contributed by atoms with E-state index < -0.39 is 0 Å². The monoisotopic (exact) mass is 401 g/mol. The molecule has 0 aliphatic heterocycles. The van der Waals surface area contributed by atoms with Crippen LogP contribution >= 0.6 is 50.7 Å². The van der Waals surface area contributed by atoms with Gasteiger partial charge in [0.2, 0.25) is 0 Å². The molecule has 80 valence electrons. The number of halogens is 3. The number of nitrogens with zero attached hydrogens (tertiary/aromatic N) is 1. The fourth-order valence-electron chi connectivity index (χ4n) is 0.802. The molecule has 0 unspecified atom stereocenters. The highest BCUT2D eigenvalue weighted by Gasteiger charge is 2.04. The Balaban J connectivity index is 2.90. The number of benzene rings is 1. The van der Waals surface area contributed by atoms with Crippen LogP contribution in [0.1, 0.15) is 5.56 Å². The molecule has 15 heavy (non-hydrogen) atoms. The topological polar surface area (TPSA) is 50.4 Å². The first-order valence-electron chi connectivity index (χ1n) is 3.73. The van der Waals surface area contributed by atoms with Gasteiger partial charge in [-0.15, -0.1) is 0 Å². The Morgan fingerprint density at radius 3 is 2.93 bits per heavy atom. The second-order valence-corrected chi connectivity index (χ2v) is 4.98. The van der Waals surface area contributed by atoms with Crippen LogP contribution in [0, 0.1) is 9.39 Å². The Kier molecular flexibility index (Phi) is 4.87. The quantitative estimate of drug-likeness (QED) is 0.263. The van der Waals surface area contributed by atoms with Crippen LogP contribution in [0.5, 0.6) is 0 Å². The number of thiocarbonyl (C=S) groups is 1. The maximum Gasteiger partial charge on any atom is 0.184 e. The highest BCUT2D eigenvalue weighted by molar-refractivity contribution is 14.1. The van der Waals surface area contributed by atoms with Crippen molar-refractivity contribution in [2.24, 2.45) is 10.8 Å². The molecule has 0 heterocycles. The van der Waals surface area contributed by atoms with E-state index in [1.54, 1.807) is 6.07 Å². The summed E-state index contributed by atoms with van der Waals surface area (Å²) in [6.45, 7) is 0. The zero-order valence-electron chi connectivity index (χ0n) is 7.30. The van der Waals surface area contributed by atoms with Gasteiger partial charge in [-0.05, 0) is 62.9 Å². The zero-order chi connectivity index (χ0) is 11.4. The summed E-state index contributed by atoms with van der Waals surface area (Å²) in [5.41, 5.74) is 8.22. The molecule has 0 radical (unpaired) electrons. The Hall–Kier alpha value is -0.280. The molecule has 0 aliphatic rings. The van der Waals surface area contributed by atoms with Crippen LogP contribution in [0.15, 0.2) is 21.7 Å². The van der Waals surface area contributed by atoms with Crippen molar-refractivity contribution >= 4 is 62.1 Å². The van der Waals surface area contributed by atoms with E-state index in [1.807, 2.05) is 0 Å². The average Bonchev–Trinajstić information content (AvgIpc) is 2.13. The summed E-state index contributed by atoms with van der Waals surface area (Å²) in [4.78, 5) is 0. The van der Waals surface area contributed by atoms with E-state index in [-0.39, 0.29) is 10.9 Å². The Labute approximate surface area is 114 Å². The molecule has 0 aliphatic carbocycles. The molecule has 0 amide bonds. The molecular weight excluding hydrogens is 396 g/mol. The number of nitrogens with two attached hydrogens (primary N) is 1. The predicted octanol–water partition coefficient (Wildman–Crippen LogP) is 2.36. The number of hydrazone groups is 1. The van der Waals surface area contributed by atoms with E-state index in [0.29, 0.717) is 10.0 Å². The molecule has 1 rings (SSSR count). The number of rotatable bonds is 2. The first-order chi connectivity index (χ1) is 7.00. The van der Waals surface area contributed by atoms with E-state index >= 15 is 0 Å². The van der Waals surface area contributed by atoms with E-state index in [2.05, 4.69) is 61.3 Å². The molecule has 0 atom stereocenters. The fraction of sp³-hybridized carbons (Fsp3) is 0. The summed E-state index contributed by atoms with van der Waals surface area (Å²) in [5.74, 6) is -0.341. The number of hydrogen-bond acceptors (Lipinski definition) is 2. The summed E-state index contributed by atoms with van der Waals surface area (Å²) in [5, 5.41) is 3.81. The lowest BCUT2D eigenvalue weighted by Crippen LogP contribution is -2.24. The molecule has 0 saturated heterocycles. The summed E-state index contributed by atoms with van der Waals surface area (Å²) in [7, 11) is 0. The van der Waals surface area contributed by atoms with Crippen LogP contribution in [-0.2, 0) is 0 Å². The predicted molar refractivity (Wildman–Crippen MR) is 74.3 cm³/mol. The second kappa shape index (κ2) is 5.71. The fourth-order valence-corrected chi connectivity index (χ4v) is 2.23. The van der Waals surface area contributed by atoms with Crippen molar-refractivity contribution in [2.75, 3.05) is 0 Å². The highest BCUT2D eigenvalue weighted by atomic mass is 127. The van der Waals surface area contributed by atoms with Gasteiger partial charge in [0.15, 0.2) is 5.11 Å². The molecule has 0 aromatic heterocycles. The molecule has 0 saturated carbocycles. The molecule has 3 N–H and O–H groups in total. The minimum atomic E-state index is -0.341. The second-order valence-electron chi connectivity index (χ2n) is 2.52. The van der Waals surface area contributed by atoms with Crippen molar-refractivity contribution in [2.45, 2.75) is 0 Å². The van der Waals surface area contributed by atoms with Crippen molar-refractivity contribution in [1.29, 1.82) is 0 Å². The van der Waals surface area contributed by atoms with Crippen molar-refractivity contribution in [3.8, 4) is 0 Å². The Morgan fingerprint density at radius 2 is 2.33 bits per heavy atom. The summed E-state index contributed by atoms with van der Waals surface area (Å²) < 4.78 is 14.5. The minimum Gasteiger partial charge on any atom is -0.375 e. The zero-order valence-corrected chi connectivity index (χ0v) is 11.9. The van der Waals surface area contributed by atoms with Gasteiger partial charge in [-0.3, -0.25) is 5.43 Å². The van der Waals surface area contributed by atoms with Gasteiger partial charge in [0.25, 0.3) is 0 Å². The Bertz CT molecular complexity index is 425. The standard InChI is InChI=1S/C8H6BrFIN3S/c9-5-2-7(11)4(1-6(5)10)3-13-14-8(12)15/h1-3H,(H3,12,14,15). The van der Waals surface area contributed by atoms with Crippen molar-refractivity contribution in [3.05, 3.63) is 31.6 Å². The van der Waals surface area contributed by atoms with Crippen LogP contribution in [0.3, 0.4) is 0 Å². The third-order valence-corrected chi connectivity index (χ3v) is 3.05. The van der Waals surface area contributed by atoms with Gasteiger partial charge in [0.05, 0.1) is 10.7 Å². The summed E-state index contributed by atoms with van der Waals surface area (Å²) in [6.07, 6.45) is 1.45. The van der Waals surface area contributed by atoms with Gasteiger partial charge in [-0.2, -0.15) is 5.10 Å². The highest BCUT2D eigenvalue weighted by Crippen LogP contribution is 2.21. The smallest absolute Gasteiger partial charge is 0.184 e. The van der Waals surface area contributed by atoms with Crippen molar-refractivity contribution in [1.82, 2.24) is 5.43 Å². The van der Waals surface area contributed by atoms with Crippen molar-refractivity contribution in [3.63, 3.8) is 0 Å². The van der Waals surface area contributed by atoms with Crippen LogP contribution in [0.4, 0.5) is 4.39 Å². The van der Waals surface area contributed by atoms with Crippen LogP contribution in [0.25, 0.3) is 0 Å². The molecule has 0 fully saturated rings. The minimum absolute atomic E-state index is 0.0684. The summed E-state index contributed by atoms with van der Waals surface area (Å²) >= 11 is 9.73. The van der Waals surface area contributed by atoms with E-state index in [9.17, 15) is 4.39 Å². The third kappa shape index (κ3) is 3.99. The Morgan fingerprint density at radius 1 is 1.67 bits per heavy atom. The third-order valence-electron chi connectivity index (χ3n) is 1.42. The molecule has 1 aromatic rings. The first kappa shape index (κ1) is 12.8. The lowest BCUT2D eigenvalue weighted by molar-refractivity contribution is 0.620. The van der Waals surface area contributed by atoms with E-state index in [1.165, 1.54) is 12.3 Å². The normalized spacial score (nSPS) is 10.6. The van der Waals surface area contributed by atoms with E-state index in [4.69, 9.17) is 5.73 Å². The molecular formula is C8H6BrFIN3S. The van der Waals surface area contributed by atoms with Crippen LogP contribution in [0.2, 0.25) is 0 Å². The molecule has 3 nitrogen and oxygen atoms in total. The van der Waals surface area contributed by atoms with Gasteiger partial charge in [-0.1, -0.05) is 0 Å². The van der Waals surface area contributed by atoms with Gasteiger partial charge in [-0.25, -0.2) is 4.39 Å². The van der Waals surface area contributed by atoms with Gasteiger partial charge >= 0.3 is 0 Å². The van der Waals surface area contributed by atoms with Gasteiger partial charge < -0.3 is 5.73 Å². The van der Waals surface area contributed by atoms with Gasteiger partial charge in [0, 0.05) is 9.13 Å². The van der Waals surface area contributed by atoms with Gasteiger partial charge in [0.1, 0.15) is 5.82 Å². The van der Waals surface area contributed by atoms with E-state index in [0.717, 1.165) is 3.57 Å². The van der Waals surface area contributed by atoms with Crippen LogP contribution in [-0.4, -0.2) is 11.3 Å². The molecule has 0 bridgehead atoms. The summed E-state index contributed by atoms with van der Waals surface area (Å²) in [6, 6.07) is 3.04. The number of hydrogen-bond donors (Lipinski definition) is 2. The lowest BCUT2D eigenvalue weighted by Gasteiger charge is -2.01. The largest absolute Gasteiger partial charge is 0.375 e. The van der Waals surface area contributed by atoms with Crippen LogP contribution < -0.4 is 11.2 Å². The number of nitrogens with one attached hydrogen (secondary N) is 1. The molecule has 7 heteroatoms. The maximum absolute atomic E-state index is 13.2.